The second-order valence-electron chi connectivity index (χ2n) is 6.61. The van der Waals surface area contributed by atoms with Gasteiger partial charge in [-0.25, -0.2) is 4.98 Å². The molecule has 0 radical (unpaired) electrons. The van der Waals surface area contributed by atoms with Crippen LogP contribution in [0.25, 0.3) is 0 Å². The summed E-state index contributed by atoms with van der Waals surface area (Å²) in [5.41, 5.74) is 1.61. The minimum absolute atomic E-state index is 0.131. The first kappa shape index (κ1) is 17.8. The highest BCUT2D eigenvalue weighted by Gasteiger charge is 2.36. The summed E-state index contributed by atoms with van der Waals surface area (Å²) >= 11 is 1.11. The van der Waals surface area contributed by atoms with Crippen LogP contribution in [0.1, 0.15) is 59.6 Å². The van der Waals surface area contributed by atoms with E-state index >= 15 is 0 Å². The molecule has 0 aromatic carbocycles. The van der Waals surface area contributed by atoms with E-state index in [0.717, 1.165) is 17.1 Å². The molecule has 3 rings (SSSR count). The number of aliphatic hydroxyl groups excluding tert-OH is 1. The summed E-state index contributed by atoms with van der Waals surface area (Å²) in [7, 11) is 1.56. The van der Waals surface area contributed by atoms with Gasteiger partial charge in [-0.3, -0.25) is 4.79 Å². The lowest BCUT2D eigenvalue weighted by Gasteiger charge is -2.38. The molecule has 1 fully saturated rings. The quantitative estimate of drug-likeness (QED) is 0.818. The van der Waals surface area contributed by atoms with Crippen molar-refractivity contribution in [3.8, 4) is 5.88 Å². The van der Waals surface area contributed by atoms with Gasteiger partial charge in [0.15, 0.2) is 0 Å². The highest BCUT2D eigenvalue weighted by Crippen LogP contribution is 2.38. The highest BCUT2D eigenvalue weighted by molar-refractivity contribution is 7.08. The lowest BCUT2D eigenvalue weighted by molar-refractivity contribution is 0.0235. The third-order valence-electron chi connectivity index (χ3n) is 4.50. The minimum Gasteiger partial charge on any atom is -0.481 e. The Bertz CT molecular complexity index is 726. The number of carbonyl (C=O) groups is 1. The first-order chi connectivity index (χ1) is 12.0. The van der Waals surface area contributed by atoms with E-state index in [0.29, 0.717) is 29.3 Å². The maximum Gasteiger partial charge on any atom is 0.265 e. The van der Waals surface area contributed by atoms with Gasteiger partial charge in [-0.15, -0.1) is 5.10 Å². The van der Waals surface area contributed by atoms with E-state index in [-0.39, 0.29) is 29.9 Å². The fourth-order valence-electron chi connectivity index (χ4n) is 3.01. The molecule has 8 heteroatoms. The van der Waals surface area contributed by atoms with Crippen LogP contribution in [0.3, 0.4) is 0 Å². The van der Waals surface area contributed by atoms with Gasteiger partial charge >= 0.3 is 0 Å². The van der Waals surface area contributed by atoms with E-state index in [1.807, 2.05) is 19.9 Å². The summed E-state index contributed by atoms with van der Waals surface area (Å²) in [4.78, 5) is 17.6. The second kappa shape index (κ2) is 7.45. The summed E-state index contributed by atoms with van der Waals surface area (Å²) in [6.45, 7) is 3.97. The maximum atomic E-state index is 12.8. The molecule has 7 nitrogen and oxygen atoms in total. The van der Waals surface area contributed by atoms with E-state index in [4.69, 9.17) is 4.74 Å². The number of methoxy groups -OCH3 is 1. The Morgan fingerprint density at radius 1 is 1.40 bits per heavy atom. The Hall–Kier alpha value is -2.06. The van der Waals surface area contributed by atoms with Crippen molar-refractivity contribution in [1.82, 2.24) is 19.9 Å². The van der Waals surface area contributed by atoms with Gasteiger partial charge in [-0.05, 0) is 41.8 Å². The SMILES string of the molecule is COc1ccc(C(NC(=O)c2snnc2C(C)C)C2CC(O)C2)cn1. The molecule has 0 spiro atoms. The number of amides is 1. The summed E-state index contributed by atoms with van der Waals surface area (Å²) in [6.07, 6.45) is 2.74. The molecule has 0 bridgehead atoms. The number of nitrogens with zero attached hydrogens (tertiary/aromatic N) is 3. The van der Waals surface area contributed by atoms with E-state index in [2.05, 4.69) is 19.9 Å². The number of aliphatic hydroxyl groups is 1. The maximum absolute atomic E-state index is 12.8. The molecule has 0 saturated heterocycles. The molecule has 2 aromatic rings. The number of ether oxygens (including phenoxy) is 1. The van der Waals surface area contributed by atoms with Crippen LogP contribution in [0.5, 0.6) is 5.88 Å². The molecule has 25 heavy (non-hydrogen) atoms. The molecule has 1 atom stereocenters. The van der Waals surface area contributed by atoms with Gasteiger partial charge in [0.05, 0.1) is 24.9 Å². The molecule has 1 saturated carbocycles. The molecule has 1 aliphatic carbocycles. The van der Waals surface area contributed by atoms with Crippen LogP contribution in [-0.2, 0) is 0 Å². The van der Waals surface area contributed by atoms with Crippen molar-refractivity contribution < 1.29 is 14.6 Å². The summed E-state index contributed by atoms with van der Waals surface area (Å²) in [6, 6.07) is 3.46. The number of pyridine rings is 1. The predicted octanol–water partition coefficient (Wildman–Crippen LogP) is 2.31. The zero-order valence-electron chi connectivity index (χ0n) is 14.5. The first-order valence-corrected chi connectivity index (χ1v) is 9.08. The van der Waals surface area contributed by atoms with Gasteiger partial charge in [0.2, 0.25) is 5.88 Å². The molecule has 2 N–H and O–H groups in total. The molecule has 0 aliphatic heterocycles. The van der Waals surface area contributed by atoms with E-state index < -0.39 is 0 Å². The summed E-state index contributed by atoms with van der Waals surface area (Å²) < 4.78 is 9.02. The highest BCUT2D eigenvalue weighted by atomic mass is 32.1. The van der Waals surface area contributed by atoms with Crippen molar-refractivity contribution in [1.29, 1.82) is 0 Å². The average Bonchev–Trinajstić information content (AvgIpc) is 3.07. The summed E-state index contributed by atoms with van der Waals surface area (Å²) in [5, 5.41) is 16.8. The van der Waals surface area contributed by atoms with Crippen molar-refractivity contribution in [3.05, 3.63) is 34.5 Å². The lowest BCUT2D eigenvalue weighted by Crippen LogP contribution is -2.41. The lowest BCUT2D eigenvalue weighted by atomic mass is 9.75. The van der Waals surface area contributed by atoms with Gasteiger partial charge < -0.3 is 15.2 Å². The van der Waals surface area contributed by atoms with Crippen LogP contribution in [-0.4, -0.2) is 38.8 Å². The van der Waals surface area contributed by atoms with E-state index in [9.17, 15) is 9.90 Å². The monoisotopic (exact) mass is 362 g/mol. The van der Waals surface area contributed by atoms with Crippen LogP contribution < -0.4 is 10.1 Å². The van der Waals surface area contributed by atoms with Crippen LogP contribution in [0.15, 0.2) is 18.3 Å². The van der Waals surface area contributed by atoms with Crippen molar-refractivity contribution in [2.24, 2.45) is 5.92 Å². The second-order valence-corrected chi connectivity index (χ2v) is 7.37. The minimum atomic E-state index is -0.299. The largest absolute Gasteiger partial charge is 0.481 e. The Labute approximate surface area is 150 Å². The van der Waals surface area contributed by atoms with Crippen molar-refractivity contribution in [2.75, 3.05) is 7.11 Å². The number of nitrogens with one attached hydrogen (secondary N) is 1. The first-order valence-electron chi connectivity index (χ1n) is 8.30. The van der Waals surface area contributed by atoms with E-state index in [1.165, 1.54) is 0 Å². The molecule has 1 unspecified atom stereocenters. The van der Waals surface area contributed by atoms with Gasteiger partial charge in [0.25, 0.3) is 5.91 Å². The van der Waals surface area contributed by atoms with E-state index in [1.54, 1.807) is 19.4 Å². The van der Waals surface area contributed by atoms with Crippen LogP contribution in [0.2, 0.25) is 0 Å². The van der Waals surface area contributed by atoms with Crippen molar-refractivity contribution >= 4 is 17.4 Å². The molecule has 1 amide bonds. The van der Waals surface area contributed by atoms with Gasteiger partial charge in [-0.2, -0.15) is 0 Å². The molecule has 134 valence electrons. The normalized spacial score (nSPS) is 20.8. The zero-order valence-corrected chi connectivity index (χ0v) is 15.3. The Balaban J connectivity index is 1.82. The third kappa shape index (κ3) is 3.80. The smallest absolute Gasteiger partial charge is 0.265 e. The number of carbonyl (C=O) groups excluding carboxylic acids is 1. The Kier molecular flexibility index (Phi) is 5.29. The van der Waals surface area contributed by atoms with Crippen molar-refractivity contribution in [2.45, 2.75) is 44.8 Å². The predicted molar refractivity (Wildman–Crippen MR) is 93.7 cm³/mol. The number of hydrogen-bond acceptors (Lipinski definition) is 7. The standard InChI is InChI=1S/C17H22N4O3S/c1-9(2)14-16(25-21-20-14)17(23)19-15(11-6-12(22)7-11)10-4-5-13(24-3)18-8-10/h4-5,8-9,11-12,15,22H,6-7H2,1-3H3,(H,19,23). The number of hydrogen-bond donors (Lipinski definition) is 2. The van der Waals surface area contributed by atoms with Crippen LogP contribution in [0.4, 0.5) is 0 Å². The fraction of sp³-hybridized carbons (Fsp3) is 0.529. The van der Waals surface area contributed by atoms with Crippen LogP contribution >= 0.6 is 11.5 Å². The van der Waals surface area contributed by atoms with Gasteiger partial charge in [0.1, 0.15) is 4.88 Å². The Morgan fingerprint density at radius 3 is 2.72 bits per heavy atom. The molecule has 1 aliphatic rings. The fourth-order valence-corrected chi connectivity index (χ4v) is 3.73. The molecule has 2 aromatic heterocycles. The van der Waals surface area contributed by atoms with Crippen LogP contribution in [0, 0.1) is 5.92 Å². The van der Waals surface area contributed by atoms with Gasteiger partial charge in [0, 0.05) is 12.3 Å². The molecule has 2 heterocycles. The van der Waals surface area contributed by atoms with Gasteiger partial charge in [-0.1, -0.05) is 24.4 Å². The number of aromatic nitrogens is 3. The third-order valence-corrected chi connectivity index (χ3v) is 5.24. The topological polar surface area (TPSA) is 97.2 Å². The van der Waals surface area contributed by atoms with Crippen molar-refractivity contribution in [3.63, 3.8) is 0 Å². The number of rotatable bonds is 6. The molecular weight excluding hydrogens is 340 g/mol. The zero-order chi connectivity index (χ0) is 18.0. The summed E-state index contributed by atoms with van der Waals surface area (Å²) in [5.74, 6) is 0.654. The molecular formula is C17H22N4O3S. The average molecular weight is 362 g/mol. The Morgan fingerprint density at radius 2 is 2.16 bits per heavy atom.